The third kappa shape index (κ3) is 6.74. The first-order chi connectivity index (χ1) is 22.1. The Balaban J connectivity index is 1.27. The molecule has 6 rings (SSSR count). The molecule has 4 amide bonds. The maximum Gasteiger partial charge on any atom is 0.332 e. The molecule has 2 saturated heterocycles. The second kappa shape index (κ2) is 13.4. The van der Waals surface area contributed by atoms with Crippen LogP contribution in [0.5, 0.6) is 0 Å². The van der Waals surface area contributed by atoms with Gasteiger partial charge in [-0.2, -0.15) is 5.01 Å². The first kappa shape index (κ1) is 32.0. The monoisotopic (exact) mass is 683 g/mol. The Kier molecular flexibility index (Phi) is 9.29. The number of thiazole rings is 1. The van der Waals surface area contributed by atoms with Gasteiger partial charge in [0, 0.05) is 31.5 Å². The van der Waals surface area contributed by atoms with Crippen molar-refractivity contribution < 1.29 is 28.2 Å². The molecule has 3 heterocycles. The summed E-state index contributed by atoms with van der Waals surface area (Å²) in [5.74, 6) is -0.906. The summed E-state index contributed by atoms with van der Waals surface area (Å²) in [6.07, 6.45) is -0.426. The number of nitrogens with two attached hydrogens (primary N) is 1. The second-order valence-electron chi connectivity index (χ2n) is 11.0. The summed E-state index contributed by atoms with van der Waals surface area (Å²) < 4.78 is 25.5. The summed E-state index contributed by atoms with van der Waals surface area (Å²) in [7, 11) is -1.20. The van der Waals surface area contributed by atoms with Gasteiger partial charge < -0.3 is 25.7 Å². The molecular weight excluding hydrogens is 652 g/mol. The van der Waals surface area contributed by atoms with E-state index in [1.54, 1.807) is 58.3 Å². The zero-order chi connectivity index (χ0) is 32.5. The standard InChI is InChI=1S/C30H31FN7O5PS2/c1-35(30(41)33-14-19-5-9-21(31)10-6-19)37-17-26(39)38-23(13-18-7-11-22(12-8-18)46-44(42)43)28(40)36(16-25(37)38)15-20-3-2-4-24-27(20)34-29(32)45-24/h2-12,23,25,44H,13-17H2,1H3,(H2,32,34)(H,33,41)(H,42,43)/t23-,25-/m0/s1. The lowest BCUT2D eigenvalue weighted by atomic mass is 10.00. The quantitative estimate of drug-likeness (QED) is 0.225. The van der Waals surface area contributed by atoms with E-state index < -0.39 is 25.5 Å². The second-order valence-corrected chi connectivity index (χ2v) is 14.9. The minimum atomic E-state index is -2.76. The number of benzene rings is 3. The Morgan fingerprint density at radius 2 is 1.87 bits per heavy atom. The van der Waals surface area contributed by atoms with Gasteiger partial charge in [0.1, 0.15) is 18.0 Å². The average Bonchev–Trinajstić information content (AvgIpc) is 3.58. The third-order valence-electron chi connectivity index (χ3n) is 8.04. The Hall–Kier alpha value is -4.01. The normalized spacial score (nSPS) is 19.0. The zero-order valence-corrected chi connectivity index (χ0v) is 27.3. The Bertz CT molecular complexity index is 1810. The molecule has 3 aromatic carbocycles. The first-order valence-corrected chi connectivity index (χ1v) is 18.0. The number of amides is 4. The molecule has 1 unspecified atom stereocenters. The number of para-hydroxylation sites is 1. The van der Waals surface area contributed by atoms with E-state index >= 15 is 0 Å². The van der Waals surface area contributed by atoms with Gasteiger partial charge in [0.25, 0.3) is 0 Å². The zero-order valence-electron chi connectivity index (χ0n) is 24.6. The Morgan fingerprint density at radius 3 is 2.59 bits per heavy atom. The number of carbonyl (C=O) groups is 3. The molecule has 16 heteroatoms. The molecule has 2 fully saturated rings. The van der Waals surface area contributed by atoms with Crippen molar-refractivity contribution in [2.75, 3.05) is 25.9 Å². The van der Waals surface area contributed by atoms with Crippen LogP contribution in [0.1, 0.15) is 16.7 Å². The Morgan fingerprint density at radius 1 is 1.15 bits per heavy atom. The SMILES string of the molecule is CN(C(=O)NCc1ccc(F)cc1)N1CC(=O)N2[C@H]1CN(Cc1cccc3sc(N)nc13)C(=O)[C@@H]2Cc1ccc(S[PH](=O)O)cc1. The van der Waals surface area contributed by atoms with E-state index in [0.717, 1.165) is 27.2 Å². The third-order valence-corrected chi connectivity index (χ3v) is 10.8. The van der Waals surface area contributed by atoms with Crippen LogP contribution < -0.4 is 11.1 Å². The lowest BCUT2D eigenvalue weighted by molar-refractivity contribution is -0.157. The molecule has 1 aromatic heterocycles. The molecular formula is C30H31FN7O5PS2. The van der Waals surface area contributed by atoms with Crippen LogP contribution in [0.4, 0.5) is 14.3 Å². The van der Waals surface area contributed by atoms with Crippen LogP contribution >= 0.6 is 29.9 Å². The van der Waals surface area contributed by atoms with Crippen LogP contribution in [0.3, 0.4) is 0 Å². The topological polar surface area (TPSA) is 152 Å². The summed E-state index contributed by atoms with van der Waals surface area (Å²) >= 11 is 2.22. The van der Waals surface area contributed by atoms with Gasteiger partial charge in [-0.1, -0.05) is 47.7 Å². The highest BCUT2D eigenvalue weighted by Gasteiger charge is 2.51. The van der Waals surface area contributed by atoms with Crippen molar-refractivity contribution in [2.45, 2.75) is 36.6 Å². The van der Waals surface area contributed by atoms with Gasteiger partial charge in [-0.3, -0.25) is 19.2 Å². The van der Waals surface area contributed by atoms with Crippen molar-refractivity contribution in [3.8, 4) is 0 Å². The minimum Gasteiger partial charge on any atom is -0.375 e. The number of aromatic nitrogens is 1. The minimum absolute atomic E-state index is 0.110. The van der Waals surface area contributed by atoms with Crippen molar-refractivity contribution in [1.82, 2.24) is 30.1 Å². The molecule has 4 N–H and O–H groups in total. The highest BCUT2D eigenvalue weighted by molar-refractivity contribution is 8.50. The van der Waals surface area contributed by atoms with Crippen LogP contribution in [-0.2, 0) is 33.7 Å². The van der Waals surface area contributed by atoms with E-state index in [-0.39, 0.29) is 50.2 Å². The highest BCUT2D eigenvalue weighted by atomic mass is 32.7. The van der Waals surface area contributed by atoms with Crippen molar-refractivity contribution in [3.63, 3.8) is 0 Å². The fourth-order valence-electron chi connectivity index (χ4n) is 5.83. The fraction of sp³-hybridized carbons (Fsp3) is 0.267. The predicted octanol–water partition coefficient (Wildman–Crippen LogP) is 3.67. The van der Waals surface area contributed by atoms with Gasteiger partial charge in [-0.15, -0.1) is 0 Å². The fourth-order valence-corrected chi connectivity index (χ4v) is 8.10. The summed E-state index contributed by atoms with van der Waals surface area (Å²) in [5, 5.41) is 6.23. The van der Waals surface area contributed by atoms with Crippen LogP contribution in [0.2, 0.25) is 0 Å². The van der Waals surface area contributed by atoms with Crippen molar-refractivity contribution in [1.29, 1.82) is 0 Å². The molecule has 240 valence electrons. The van der Waals surface area contributed by atoms with E-state index in [1.165, 1.54) is 28.5 Å². The van der Waals surface area contributed by atoms with Crippen molar-refractivity contribution in [2.24, 2.45) is 0 Å². The number of halogens is 1. The van der Waals surface area contributed by atoms with Gasteiger partial charge in [0.05, 0.1) is 23.3 Å². The molecule has 4 aromatic rings. The maximum absolute atomic E-state index is 14.1. The number of hydrogen-bond donors (Lipinski definition) is 3. The number of nitrogen functional groups attached to an aromatic ring is 1. The lowest BCUT2D eigenvalue weighted by Gasteiger charge is -2.45. The molecule has 46 heavy (non-hydrogen) atoms. The van der Waals surface area contributed by atoms with Crippen LogP contribution in [-0.4, -0.2) is 79.9 Å². The summed E-state index contributed by atoms with van der Waals surface area (Å²) in [5.41, 5.74) is 8.99. The molecule has 0 spiro atoms. The number of urea groups is 1. The smallest absolute Gasteiger partial charge is 0.332 e. The number of hydrazine groups is 1. The van der Waals surface area contributed by atoms with E-state index in [9.17, 15) is 28.2 Å². The van der Waals surface area contributed by atoms with E-state index in [2.05, 4.69) is 10.3 Å². The average molecular weight is 684 g/mol. The number of rotatable bonds is 9. The number of carbonyl (C=O) groups excluding carboxylic acids is 3. The molecule has 2 aliphatic heterocycles. The number of nitrogens with zero attached hydrogens (tertiary/aromatic N) is 5. The number of fused-ring (bicyclic) bond motifs is 2. The molecule has 0 radical (unpaired) electrons. The number of piperazine rings is 1. The highest BCUT2D eigenvalue weighted by Crippen LogP contribution is 2.40. The molecule has 0 saturated carbocycles. The van der Waals surface area contributed by atoms with Crippen molar-refractivity contribution >= 4 is 63.1 Å². The van der Waals surface area contributed by atoms with Gasteiger partial charge in [-0.25, -0.2) is 14.2 Å². The van der Waals surface area contributed by atoms with Gasteiger partial charge in [0.2, 0.25) is 19.0 Å². The first-order valence-electron chi connectivity index (χ1n) is 14.3. The number of nitrogens with one attached hydrogen (secondary N) is 1. The van der Waals surface area contributed by atoms with Crippen LogP contribution in [0, 0.1) is 5.82 Å². The van der Waals surface area contributed by atoms with E-state index in [0.29, 0.717) is 21.1 Å². The summed E-state index contributed by atoms with van der Waals surface area (Å²) in [6.45, 7) is 0.421. The summed E-state index contributed by atoms with van der Waals surface area (Å²) in [4.78, 5) is 58.6. The van der Waals surface area contributed by atoms with E-state index in [1.807, 2.05) is 18.2 Å². The number of anilines is 1. The lowest BCUT2D eigenvalue weighted by Crippen LogP contribution is -2.65. The maximum atomic E-state index is 14.1. The van der Waals surface area contributed by atoms with Gasteiger partial charge in [-0.05, 0) is 58.4 Å². The molecule has 0 aliphatic carbocycles. The molecule has 0 bridgehead atoms. The van der Waals surface area contributed by atoms with Gasteiger partial charge >= 0.3 is 6.03 Å². The number of hydrogen-bond acceptors (Lipinski definition) is 9. The summed E-state index contributed by atoms with van der Waals surface area (Å²) in [6, 6.07) is 17.2. The van der Waals surface area contributed by atoms with Crippen LogP contribution in [0.25, 0.3) is 10.2 Å². The molecule has 3 atom stereocenters. The van der Waals surface area contributed by atoms with Gasteiger partial charge in [0.15, 0.2) is 5.13 Å². The Labute approximate surface area is 272 Å². The van der Waals surface area contributed by atoms with Crippen molar-refractivity contribution in [3.05, 3.63) is 89.2 Å². The van der Waals surface area contributed by atoms with Crippen LogP contribution in [0.15, 0.2) is 71.6 Å². The molecule has 2 aliphatic rings. The van der Waals surface area contributed by atoms with E-state index in [4.69, 9.17) is 5.73 Å². The largest absolute Gasteiger partial charge is 0.375 e. The molecule has 12 nitrogen and oxygen atoms in total. The predicted molar refractivity (Wildman–Crippen MR) is 174 cm³/mol.